The van der Waals surface area contributed by atoms with E-state index in [4.69, 9.17) is 28.4 Å². The van der Waals surface area contributed by atoms with Gasteiger partial charge in [-0.2, -0.15) is 0 Å². The molecule has 0 aromatic rings. The summed E-state index contributed by atoms with van der Waals surface area (Å²) in [6, 6.07) is 0. The van der Waals surface area contributed by atoms with Gasteiger partial charge in [-0.15, -0.1) is 0 Å². The summed E-state index contributed by atoms with van der Waals surface area (Å²) in [5.41, 5.74) is -0.599. The number of hydrogen-bond acceptors (Lipinski definition) is 8. The highest BCUT2D eigenvalue weighted by Gasteiger charge is 2.61. The Morgan fingerprint density at radius 1 is 1.17 bits per heavy atom. The Labute approximate surface area is 140 Å². The highest BCUT2D eigenvalue weighted by Crippen LogP contribution is 2.41. The van der Waals surface area contributed by atoms with Crippen molar-refractivity contribution in [3.63, 3.8) is 0 Å². The lowest BCUT2D eigenvalue weighted by Gasteiger charge is -2.34. The van der Waals surface area contributed by atoms with Gasteiger partial charge in [0.05, 0.1) is 5.41 Å². The van der Waals surface area contributed by atoms with Crippen LogP contribution in [-0.2, 0) is 33.2 Å². The fourth-order valence-corrected chi connectivity index (χ4v) is 2.89. The lowest BCUT2D eigenvalue weighted by molar-refractivity contribution is -0.241. The minimum Gasteiger partial charge on any atom is -0.461 e. The molecule has 0 bridgehead atoms. The number of carbonyl (C=O) groups excluding carboxylic acids is 2. The normalized spacial score (nSPS) is 37.2. The Morgan fingerprint density at radius 3 is 2.54 bits per heavy atom. The van der Waals surface area contributed by atoms with E-state index >= 15 is 0 Å². The molecule has 3 heterocycles. The van der Waals surface area contributed by atoms with Crippen molar-refractivity contribution >= 4 is 12.1 Å². The third-order valence-electron chi connectivity index (χ3n) is 4.69. The average molecular weight is 344 g/mol. The van der Waals surface area contributed by atoms with Crippen molar-refractivity contribution in [2.24, 2.45) is 5.41 Å². The quantitative estimate of drug-likeness (QED) is 0.713. The number of ether oxygens (including phenoxy) is 6. The van der Waals surface area contributed by atoms with Gasteiger partial charge in [0.25, 0.3) is 0 Å². The number of esters is 1. The van der Waals surface area contributed by atoms with Crippen LogP contribution in [-0.4, -0.2) is 55.2 Å². The summed E-state index contributed by atoms with van der Waals surface area (Å²) >= 11 is 0. The van der Waals surface area contributed by atoms with Crippen LogP contribution in [0.4, 0.5) is 4.79 Å². The smallest absolute Gasteiger partial charge is 0.461 e. The van der Waals surface area contributed by atoms with Crippen LogP contribution in [0.15, 0.2) is 0 Å². The number of hydrogen-bond donors (Lipinski definition) is 0. The summed E-state index contributed by atoms with van der Waals surface area (Å²) in [7, 11) is 0. The van der Waals surface area contributed by atoms with Gasteiger partial charge in [-0.1, -0.05) is 6.92 Å². The van der Waals surface area contributed by atoms with E-state index in [1.54, 1.807) is 27.7 Å². The van der Waals surface area contributed by atoms with Crippen LogP contribution < -0.4 is 0 Å². The molecule has 3 rings (SSSR count). The number of cyclic esters (lactones) is 1. The zero-order valence-electron chi connectivity index (χ0n) is 14.6. The molecule has 0 spiro atoms. The molecule has 0 saturated carbocycles. The molecule has 8 heteroatoms. The second-order valence-electron chi connectivity index (χ2n) is 7.39. The van der Waals surface area contributed by atoms with Gasteiger partial charge in [0.1, 0.15) is 12.7 Å². The molecular weight excluding hydrogens is 320 g/mol. The number of carbonyl (C=O) groups is 2. The Kier molecular flexibility index (Phi) is 4.26. The molecule has 3 fully saturated rings. The van der Waals surface area contributed by atoms with Gasteiger partial charge < -0.3 is 28.4 Å². The standard InChI is InChI=1S/C16H24O8/c1-6-15(2,3)13(17)19-7-8-9-10(22-14(18)20-8)11-12(21-9)24-16(4,5)23-11/h8-12H,6-7H2,1-5H3. The molecule has 3 aliphatic rings. The second-order valence-corrected chi connectivity index (χ2v) is 7.39. The molecule has 24 heavy (non-hydrogen) atoms. The third-order valence-corrected chi connectivity index (χ3v) is 4.69. The van der Waals surface area contributed by atoms with E-state index in [1.807, 2.05) is 6.92 Å². The lowest BCUT2D eigenvalue weighted by Crippen LogP contribution is -2.52. The zero-order chi connectivity index (χ0) is 17.7. The molecule has 0 N–H and O–H groups in total. The van der Waals surface area contributed by atoms with E-state index in [0.29, 0.717) is 6.42 Å². The molecular formula is C16H24O8. The Hall–Kier alpha value is -1.38. The highest BCUT2D eigenvalue weighted by atomic mass is 16.9. The maximum Gasteiger partial charge on any atom is 0.509 e. The van der Waals surface area contributed by atoms with E-state index in [0.717, 1.165) is 0 Å². The first-order valence-corrected chi connectivity index (χ1v) is 8.18. The Morgan fingerprint density at radius 2 is 1.88 bits per heavy atom. The summed E-state index contributed by atoms with van der Waals surface area (Å²) in [4.78, 5) is 23.8. The van der Waals surface area contributed by atoms with Crippen molar-refractivity contribution in [2.45, 2.75) is 77.5 Å². The molecule has 0 aliphatic carbocycles. The molecule has 0 aromatic carbocycles. The van der Waals surface area contributed by atoms with Crippen molar-refractivity contribution in [3.05, 3.63) is 0 Å². The van der Waals surface area contributed by atoms with Crippen molar-refractivity contribution in [1.82, 2.24) is 0 Å². The molecule has 0 radical (unpaired) electrons. The van der Waals surface area contributed by atoms with Gasteiger partial charge in [-0.3, -0.25) is 4.79 Å². The number of rotatable bonds is 4. The van der Waals surface area contributed by atoms with Crippen molar-refractivity contribution < 1.29 is 38.0 Å². The summed E-state index contributed by atoms with van der Waals surface area (Å²) in [6.45, 7) is 8.93. The van der Waals surface area contributed by atoms with E-state index < -0.39 is 48.1 Å². The van der Waals surface area contributed by atoms with Crippen LogP contribution in [0.3, 0.4) is 0 Å². The lowest BCUT2D eigenvalue weighted by atomic mass is 9.91. The summed E-state index contributed by atoms with van der Waals surface area (Å²) in [5, 5.41) is 0. The van der Waals surface area contributed by atoms with Crippen LogP contribution in [0.1, 0.15) is 41.0 Å². The monoisotopic (exact) mass is 344 g/mol. The van der Waals surface area contributed by atoms with E-state index in [1.165, 1.54) is 0 Å². The van der Waals surface area contributed by atoms with Crippen LogP contribution in [0.5, 0.6) is 0 Å². The van der Waals surface area contributed by atoms with Gasteiger partial charge in [0.15, 0.2) is 30.4 Å². The van der Waals surface area contributed by atoms with Crippen LogP contribution in [0, 0.1) is 5.41 Å². The maximum absolute atomic E-state index is 12.1. The fraction of sp³-hybridized carbons (Fsp3) is 0.875. The molecule has 3 aliphatic heterocycles. The summed E-state index contributed by atoms with van der Waals surface area (Å²) < 4.78 is 32.9. The highest BCUT2D eigenvalue weighted by molar-refractivity contribution is 5.75. The molecule has 136 valence electrons. The SMILES string of the molecule is CCC(C)(C)C(=O)OCC1OC(=O)OC2C1OC1OC(C)(C)OC12. The molecule has 5 atom stereocenters. The third kappa shape index (κ3) is 3.10. The molecule has 0 amide bonds. The maximum atomic E-state index is 12.1. The molecule has 8 nitrogen and oxygen atoms in total. The van der Waals surface area contributed by atoms with Crippen LogP contribution in [0.25, 0.3) is 0 Å². The van der Waals surface area contributed by atoms with E-state index in [2.05, 4.69) is 0 Å². The zero-order valence-corrected chi connectivity index (χ0v) is 14.6. The average Bonchev–Trinajstić information content (AvgIpc) is 2.96. The largest absolute Gasteiger partial charge is 0.509 e. The minimum atomic E-state index is -0.829. The van der Waals surface area contributed by atoms with E-state index in [-0.39, 0.29) is 12.6 Å². The topological polar surface area (TPSA) is 89.5 Å². The van der Waals surface area contributed by atoms with Crippen molar-refractivity contribution in [1.29, 1.82) is 0 Å². The van der Waals surface area contributed by atoms with Gasteiger partial charge >= 0.3 is 12.1 Å². The minimum absolute atomic E-state index is 0.0959. The molecule has 3 saturated heterocycles. The fourth-order valence-electron chi connectivity index (χ4n) is 2.89. The van der Waals surface area contributed by atoms with Crippen molar-refractivity contribution in [2.75, 3.05) is 6.61 Å². The van der Waals surface area contributed by atoms with Gasteiger partial charge in [-0.25, -0.2) is 4.79 Å². The molecule has 5 unspecified atom stereocenters. The predicted molar refractivity (Wildman–Crippen MR) is 78.9 cm³/mol. The van der Waals surface area contributed by atoms with Crippen LogP contribution in [0.2, 0.25) is 0 Å². The van der Waals surface area contributed by atoms with Crippen molar-refractivity contribution in [3.8, 4) is 0 Å². The van der Waals surface area contributed by atoms with E-state index in [9.17, 15) is 9.59 Å². The Balaban J connectivity index is 1.66. The summed E-state index contributed by atoms with van der Waals surface area (Å²) in [5.74, 6) is -1.16. The number of fused-ring (bicyclic) bond motifs is 3. The van der Waals surface area contributed by atoms with Gasteiger partial charge in [0.2, 0.25) is 0 Å². The molecule has 0 aromatic heterocycles. The van der Waals surface area contributed by atoms with Crippen LogP contribution >= 0.6 is 0 Å². The first kappa shape index (κ1) is 17.4. The second kappa shape index (κ2) is 5.86. The first-order chi connectivity index (χ1) is 11.1. The predicted octanol–water partition coefficient (Wildman–Crippen LogP) is 1.75. The first-order valence-electron chi connectivity index (χ1n) is 8.18. The van der Waals surface area contributed by atoms with Gasteiger partial charge in [-0.05, 0) is 34.1 Å². The Bertz CT molecular complexity index is 528. The van der Waals surface area contributed by atoms with Gasteiger partial charge in [0, 0.05) is 0 Å². The summed E-state index contributed by atoms with van der Waals surface area (Å²) in [6.07, 6.45) is -3.37.